The van der Waals surface area contributed by atoms with Gasteiger partial charge in [-0.05, 0) is 24.7 Å². The minimum atomic E-state index is -0.780. The van der Waals surface area contributed by atoms with Crippen LogP contribution >= 0.6 is 0 Å². The van der Waals surface area contributed by atoms with Crippen LogP contribution in [-0.4, -0.2) is 35.2 Å². The lowest BCUT2D eigenvalue weighted by molar-refractivity contribution is 0.152. The first kappa shape index (κ1) is 7.86. The summed E-state index contributed by atoms with van der Waals surface area (Å²) in [6.07, 6.45) is 1.24. The number of likely N-dealkylation sites (tertiary alicyclic amines) is 1. The van der Waals surface area contributed by atoms with Crippen LogP contribution in [0.25, 0.3) is 0 Å². The van der Waals surface area contributed by atoms with E-state index in [1.807, 2.05) is 0 Å². The van der Waals surface area contributed by atoms with Gasteiger partial charge in [-0.2, -0.15) is 0 Å². The van der Waals surface area contributed by atoms with Crippen molar-refractivity contribution in [2.45, 2.75) is 18.9 Å². The lowest BCUT2D eigenvalue weighted by Crippen LogP contribution is -2.29. The first-order valence-electron chi connectivity index (χ1n) is 4.40. The smallest absolute Gasteiger partial charge is 0.407 e. The highest BCUT2D eigenvalue weighted by atomic mass is 16.4. The molecule has 2 aliphatic rings. The molecule has 4 heteroatoms. The number of fused-ring (bicyclic) bond motifs is 1. The van der Waals surface area contributed by atoms with Crippen LogP contribution in [-0.2, 0) is 0 Å². The molecule has 2 rings (SSSR count). The summed E-state index contributed by atoms with van der Waals surface area (Å²) < 4.78 is 0. The van der Waals surface area contributed by atoms with Gasteiger partial charge >= 0.3 is 6.09 Å². The van der Waals surface area contributed by atoms with Gasteiger partial charge in [0, 0.05) is 19.1 Å². The van der Waals surface area contributed by atoms with E-state index in [4.69, 9.17) is 10.8 Å². The molecule has 0 radical (unpaired) electrons. The Bertz CT molecular complexity index is 193. The van der Waals surface area contributed by atoms with Crippen LogP contribution in [0.2, 0.25) is 0 Å². The van der Waals surface area contributed by atoms with Crippen molar-refractivity contribution in [1.82, 2.24) is 4.90 Å². The molecule has 1 saturated heterocycles. The second-order valence-electron chi connectivity index (χ2n) is 3.94. The molecule has 4 nitrogen and oxygen atoms in total. The van der Waals surface area contributed by atoms with Gasteiger partial charge in [-0.15, -0.1) is 0 Å². The molecule has 1 saturated carbocycles. The molecular weight excluding hydrogens is 156 g/mol. The maximum absolute atomic E-state index is 10.6. The summed E-state index contributed by atoms with van der Waals surface area (Å²) in [5.74, 6) is 1.08. The Morgan fingerprint density at radius 3 is 2.25 bits per heavy atom. The minimum Gasteiger partial charge on any atom is -0.465 e. The van der Waals surface area contributed by atoms with E-state index in [0.29, 0.717) is 31.0 Å². The standard InChI is InChI=1S/C8H14N2O2/c9-7-1-5-3-10(8(11)12)4-6(5)2-7/h5-7H,1-4,9H2,(H,11,12)/t5-,6?,7?/m0/s1. The Balaban J connectivity index is 1.98. The number of carboxylic acid groups (broad SMARTS) is 1. The Labute approximate surface area is 71.3 Å². The zero-order valence-electron chi connectivity index (χ0n) is 6.94. The molecule has 68 valence electrons. The highest BCUT2D eigenvalue weighted by molar-refractivity contribution is 5.65. The molecule has 3 N–H and O–H groups in total. The van der Waals surface area contributed by atoms with Crippen LogP contribution in [0.3, 0.4) is 0 Å². The lowest BCUT2D eigenvalue weighted by atomic mass is 10.0. The summed E-state index contributed by atoms with van der Waals surface area (Å²) in [5, 5.41) is 8.73. The second kappa shape index (κ2) is 2.62. The third kappa shape index (κ3) is 1.16. The van der Waals surface area contributed by atoms with Gasteiger partial charge in [0.1, 0.15) is 0 Å². The quantitative estimate of drug-likeness (QED) is 0.550. The van der Waals surface area contributed by atoms with Crippen molar-refractivity contribution in [3.05, 3.63) is 0 Å². The van der Waals surface area contributed by atoms with Crippen LogP contribution < -0.4 is 5.73 Å². The average Bonchev–Trinajstić information content (AvgIpc) is 2.42. The van der Waals surface area contributed by atoms with Crippen LogP contribution in [0.15, 0.2) is 0 Å². The van der Waals surface area contributed by atoms with Crippen molar-refractivity contribution >= 4 is 6.09 Å². The van der Waals surface area contributed by atoms with E-state index in [-0.39, 0.29) is 0 Å². The van der Waals surface area contributed by atoms with Gasteiger partial charge in [0.25, 0.3) is 0 Å². The Morgan fingerprint density at radius 2 is 1.83 bits per heavy atom. The predicted molar refractivity (Wildman–Crippen MR) is 43.8 cm³/mol. The Morgan fingerprint density at radius 1 is 1.33 bits per heavy atom. The SMILES string of the molecule is NC1CC2CN(C(=O)O)C[C@@H]2C1. The zero-order valence-corrected chi connectivity index (χ0v) is 6.94. The maximum Gasteiger partial charge on any atom is 0.407 e. The van der Waals surface area contributed by atoms with Crippen LogP contribution in [0.4, 0.5) is 4.79 Å². The predicted octanol–water partition coefficient (Wildman–Crippen LogP) is 0.333. The fraction of sp³-hybridized carbons (Fsp3) is 0.875. The van der Waals surface area contributed by atoms with E-state index in [1.165, 1.54) is 4.90 Å². The van der Waals surface area contributed by atoms with Crippen molar-refractivity contribution < 1.29 is 9.90 Å². The summed E-state index contributed by atoms with van der Waals surface area (Å²) >= 11 is 0. The number of nitrogens with zero attached hydrogens (tertiary/aromatic N) is 1. The van der Waals surface area contributed by atoms with E-state index in [0.717, 1.165) is 12.8 Å². The molecule has 1 amide bonds. The van der Waals surface area contributed by atoms with Gasteiger partial charge < -0.3 is 15.7 Å². The molecule has 0 aromatic carbocycles. The molecule has 12 heavy (non-hydrogen) atoms. The maximum atomic E-state index is 10.6. The highest BCUT2D eigenvalue weighted by Crippen LogP contribution is 2.36. The van der Waals surface area contributed by atoms with Gasteiger partial charge in [0.2, 0.25) is 0 Å². The molecule has 1 heterocycles. The molecule has 0 aromatic heterocycles. The van der Waals surface area contributed by atoms with E-state index < -0.39 is 6.09 Å². The van der Waals surface area contributed by atoms with Crippen molar-refractivity contribution in [2.24, 2.45) is 17.6 Å². The Kier molecular flexibility index (Phi) is 1.72. The molecule has 0 spiro atoms. The number of hydrogen-bond acceptors (Lipinski definition) is 2. The number of rotatable bonds is 0. The van der Waals surface area contributed by atoms with Crippen LogP contribution in [0.1, 0.15) is 12.8 Å². The molecule has 3 atom stereocenters. The average molecular weight is 170 g/mol. The Hall–Kier alpha value is -0.770. The molecule has 1 aliphatic heterocycles. The van der Waals surface area contributed by atoms with Gasteiger partial charge in [-0.1, -0.05) is 0 Å². The van der Waals surface area contributed by atoms with E-state index in [2.05, 4.69) is 0 Å². The summed E-state index contributed by atoms with van der Waals surface area (Å²) in [5.41, 5.74) is 5.78. The summed E-state index contributed by atoms with van der Waals surface area (Å²) in [6, 6.07) is 0.316. The first-order chi connectivity index (χ1) is 5.66. The molecule has 0 aromatic rings. The van der Waals surface area contributed by atoms with E-state index in [9.17, 15) is 4.79 Å². The molecular formula is C8H14N2O2. The fourth-order valence-corrected chi connectivity index (χ4v) is 2.50. The molecule has 2 fully saturated rings. The van der Waals surface area contributed by atoms with Crippen molar-refractivity contribution in [3.63, 3.8) is 0 Å². The first-order valence-corrected chi connectivity index (χ1v) is 4.40. The van der Waals surface area contributed by atoms with Crippen molar-refractivity contribution in [3.8, 4) is 0 Å². The second-order valence-corrected chi connectivity index (χ2v) is 3.94. The summed E-state index contributed by atoms with van der Waals surface area (Å²) in [7, 11) is 0. The third-order valence-electron chi connectivity index (χ3n) is 3.06. The topological polar surface area (TPSA) is 66.6 Å². The largest absolute Gasteiger partial charge is 0.465 e. The lowest BCUT2D eigenvalue weighted by Gasteiger charge is -2.13. The number of hydrogen-bond donors (Lipinski definition) is 2. The van der Waals surface area contributed by atoms with Crippen LogP contribution in [0, 0.1) is 11.8 Å². The monoisotopic (exact) mass is 170 g/mol. The molecule has 2 unspecified atom stereocenters. The zero-order chi connectivity index (χ0) is 8.72. The van der Waals surface area contributed by atoms with Crippen LogP contribution in [0.5, 0.6) is 0 Å². The van der Waals surface area contributed by atoms with Crippen molar-refractivity contribution in [2.75, 3.05) is 13.1 Å². The summed E-state index contributed by atoms with van der Waals surface area (Å²) in [6.45, 7) is 1.40. The number of carbonyl (C=O) groups is 1. The van der Waals surface area contributed by atoms with Gasteiger partial charge in [0.05, 0.1) is 0 Å². The van der Waals surface area contributed by atoms with E-state index >= 15 is 0 Å². The van der Waals surface area contributed by atoms with Gasteiger partial charge in [0.15, 0.2) is 0 Å². The number of amides is 1. The molecule has 1 aliphatic carbocycles. The van der Waals surface area contributed by atoms with E-state index in [1.54, 1.807) is 0 Å². The highest BCUT2D eigenvalue weighted by Gasteiger charge is 2.41. The minimum absolute atomic E-state index is 0.316. The summed E-state index contributed by atoms with van der Waals surface area (Å²) in [4.78, 5) is 12.1. The van der Waals surface area contributed by atoms with Gasteiger partial charge in [-0.3, -0.25) is 0 Å². The number of nitrogens with two attached hydrogens (primary N) is 1. The van der Waals surface area contributed by atoms with Crippen molar-refractivity contribution in [1.29, 1.82) is 0 Å². The normalized spacial score (nSPS) is 40.1. The van der Waals surface area contributed by atoms with Gasteiger partial charge in [-0.25, -0.2) is 4.79 Å². The fourth-order valence-electron chi connectivity index (χ4n) is 2.50. The molecule has 0 bridgehead atoms. The third-order valence-corrected chi connectivity index (χ3v) is 3.06.